The van der Waals surface area contributed by atoms with Crippen molar-refractivity contribution < 1.29 is 28.8 Å². The molecule has 0 saturated heterocycles. The van der Waals surface area contributed by atoms with Gasteiger partial charge < -0.3 is 9.57 Å². The van der Waals surface area contributed by atoms with Crippen LogP contribution in [0.4, 0.5) is 0 Å². The van der Waals surface area contributed by atoms with Crippen molar-refractivity contribution in [1.29, 1.82) is 0 Å². The van der Waals surface area contributed by atoms with Gasteiger partial charge in [-0.1, -0.05) is 47.5 Å². The Bertz CT molecular complexity index is 919. The highest BCUT2D eigenvalue weighted by atomic mass is 16.7. The van der Waals surface area contributed by atoms with Gasteiger partial charge in [-0.05, 0) is 30.5 Å². The summed E-state index contributed by atoms with van der Waals surface area (Å²) in [7, 11) is 0. The number of benzene rings is 2. The van der Waals surface area contributed by atoms with E-state index >= 15 is 0 Å². The molecule has 0 aromatic heterocycles. The van der Waals surface area contributed by atoms with Crippen molar-refractivity contribution in [3.8, 4) is 0 Å². The van der Waals surface area contributed by atoms with Gasteiger partial charge in [0.1, 0.15) is 6.61 Å². The van der Waals surface area contributed by atoms with Crippen molar-refractivity contribution in [2.75, 3.05) is 0 Å². The number of hydroxylamine groups is 2. The Kier molecular flexibility index (Phi) is 4.65. The number of carbonyl (C=O) groups is 4. The van der Waals surface area contributed by atoms with Gasteiger partial charge in [-0.15, -0.1) is 0 Å². The standard InChI is InChI=1S/C21H17NO6/c23-18-14-8-4-5-9-15(14)19(24)22(18)28-21(26)17-11-10-16(17)20(25)27-12-13-6-2-1-3-7-13/h1-9,16-17H,10-12H2/t16-,17+/m0/s1. The van der Waals surface area contributed by atoms with Gasteiger partial charge in [0.05, 0.1) is 23.0 Å². The molecule has 7 nitrogen and oxygen atoms in total. The Morgan fingerprint density at radius 1 is 0.821 bits per heavy atom. The summed E-state index contributed by atoms with van der Waals surface area (Å²) >= 11 is 0. The molecule has 28 heavy (non-hydrogen) atoms. The smallest absolute Gasteiger partial charge is 0.337 e. The Hall–Kier alpha value is -3.48. The molecule has 0 bridgehead atoms. The lowest BCUT2D eigenvalue weighted by molar-refractivity contribution is -0.185. The number of carbonyl (C=O) groups excluding carboxylic acids is 4. The first-order chi connectivity index (χ1) is 13.6. The molecule has 1 aliphatic heterocycles. The number of rotatable bonds is 5. The second-order valence-corrected chi connectivity index (χ2v) is 6.74. The van der Waals surface area contributed by atoms with E-state index < -0.39 is 35.6 Å². The topological polar surface area (TPSA) is 90.0 Å². The molecular weight excluding hydrogens is 362 g/mol. The highest BCUT2D eigenvalue weighted by Gasteiger charge is 2.46. The number of amides is 2. The van der Waals surface area contributed by atoms with Gasteiger partial charge in [-0.2, -0.15) is 0 Å². The van der Waals surface area contributed by atoms with Crippen LogP contribution in [0.3, 0.4) is 0 Å². The summed E-state index contributed by atoms with van der Waals surface area (Å²) in [4.78, 5) is 54.3. The third kappa shape index (κ3) is 3.15. The van der Waals surface area contributed by atoms with Crippen molar-refractivity contribution >= 4 is 23.8 Å². The molecule has 1 saturated carbocycles. The Morgan fingerprint density at radius 3 is 1.93 bits per heavy atom. The van der Waals surface area contributed by atoms with Crippen molar-refractivity contribution in [1.82, 2.24) is 5.06 Å². The maximum absolute atomic E-state index is 12.4. The minimum atomic E-state index is -0.776. The number of ether oxygens (including phenoxy) is 1. The van der Waals surface area contributed by atoms with Crippen molar-refractivity contribution in [3.63, 3.8) is 0 Å². The molecule has 0 N–H and O–H groups in total. The molecule has 2 aromatic rings. The van der Waals surface area contributed by atoms with Gasteiger partial charge >= 0.3 is 11.9 Å². The summed E-state index contributed by atoms with van der Waals surface area (Å²) in [5.74, 6) is -3.99. The normalized spacial score (nSPS) is 20.4. The zero-order chi connectivity index (χ0) is 19.7. The molecule has 1 aliphatic carbocycles. The van der Waals surface area contributed by atoms with Gasteiger partial charge in [0.25, 0.3) is 11.8 Å². The summed E-state index contributed by atoms with van der Waals surface area (Å²) in [5.41, 5.74) is 1.22. The van der Waals surface area contributed by atoms with E-state index in [0.29, 0.717) is 17.9 Å². The first-order valence-corrected chi connectivity index (χ1v) is 8.96. The summed E-state index contributed by atoms with van der Waals surface area (Å²) in [5, 5.41) is 0.470. The van der Waals surface area contributed by atoms with Gasteiger partial charge in [-0.25, -0.2) is 4.79 Å². The number of hydrogen-bond donors (Lipinski definition) is 0. The third-order valence-electron chi connectivity index (χ3n) is 5.04. The second-order valence-electron chi connectivity index (χ2n) is 6.74. The Balaban J connectivity index is 1.36. The van der Waals surface area contributed by atoms with Crippen LogP contribution in [0.1, 0.15) is 39.1 Å². The molecule has 1 fully saturated rings. The van der Waals surface area contributed by atoms with E-state index in [1.165, 1.54) is 12.1 Å². The van der Waals surface area contributed by atoms with Crippen LogP contribution in [-0.2, 0) is 25.8 Å². The molecule has 7 heteroatoms. The average molecular weight is 379 g/mol. The fraction of sp³-hybridized carbons (Fsp3) is 0.238. The number of imide groups is 1. The fourth-order valence-electron chi connectivity index (χ4n) is 3.31. The SMILES string of the molecule is O=C(OCc1ccccc1)[C@H]1CC[C@H]1C(=O)ON1C(=O)c2ccccc2C1=O. The quantitative estimate of drug-likeness (QED) is 0.586. The minimum Gasteiger partial charge on any atom is -0.461 e. The highest BCUT2D eigenvalue weighted by molar-refractivity contribution is 6.20. The largest absolute Gasteiger partial charge is 0.461 e. The van der Waals surface area contributed by atoms with E-state index in [1.807, 2.05) is 30.3 Å². The molecule has 1 heterocycles. The van der Waals surface area contributed by atoms with Gasteiger partial charge in [0.15, 0.2) is 0 Å². The Morgan fingerprint density at radius 2 is 1.36 bits per heavy atom. The summed E-state index contributed by atoms with van der Waals surface area (Å²) in [6.45, 7) is 0.121. The highest BCUT2D eigenvalue weighted by Crippen LogP contribution is 2.37. The van der Waals surface area contributed by atoms with E-state index in [2.05, 4.69) is 0 Å². The molecule has 4 rings (SSSR count). The van der Waals surface area contributed by atoms with E-state index in [9.17, 15) is 19.2 Å². The lowest BCUT2D eigenvalue weighted by atomic mass is 9.74. The number of fused-ring (bicyclic) bond motifs is 1. The lowest BCUT2D eigenvalue weighted by Crippen LogP contribution is -2.43. The first kappa shape index (κ1) is 17.9. The molecule has 0 unspecified atom stereocenters. The molecule has 2 atom stereocenters. The van der Waals surface area contributed by atoms with Gasteiger partial charge in [0.2, 0.25) is 0 Å². The van der Waals surface area contributed by atoms with Crippen LogP contribution in [0.25, 0.3) is 0 Å². The molecule has 2 amide bonds. The van der Waals surface area contributed by atoms with Gasteiger partial charge in [0, 0.05) is 0 Å². The molecule has 2 aromatic carbocycles. The predicted molar refractivity (Wildman–Crippen MR) is 95.5 cm³/mol. The number of nitrogens with zero attached hydrogens (tertiary/aromatic N) is 1. The summed E-state index contributed by atoms with van der Waals surface area (Å²) < 4.78 is 5.28. The summed E-state index contributed by atoms with van der Waals surface area (Å²) in [6.07, 6.45) is 0.933. The van der Waals surface area contributed by atoms with Crippen LogP contribution in [0.5, 0.6) is 0 Å². The number of esters is 1. The molecule has 142 valence electrons. The van der Waals surface area contributed by atoms with Crippen LogP contribution in [0, 0.1) is 11.8 Å². The zero-order valence-electron chi connectivity index (χ0n) is 14.9. The maximum atomic E-state index is 12.4. The fourth-order valence-corrected chi connectivity index (χ4v) is 3.31. The van der Waals surface area contributed by atoms with Crippen molar-refractivity contribution in [2.45, 2.75) is 19.4 Å². The van der Waals surface area contributed by atoms with E-state index in [-0.39, 0.29) is 17.7 Å². The first-order valence-electron chi connectivity index (χ1n) is 8.96. The predicted octanol–water partition coefficient (Wildman–Crippen LogP) is 2.51. The van der Waals surface area contributed by atoms with Crippen LogP contribution in [0.15, 0.2) is 54.6 Å². The van der Waals surface area contributed by atoms with Gasteiger partial charge in [-0.3, -0.25) is 14.4 Å². The van der Waals surface area contributed by atoms with Crippen molar-refractivity contribution in [2.24, 2.45) is 11.8 Å². The van der Waals surface area contributed by atoms with Crippen LogP contribution >= 0.6 is 0 Å². The average Bonchev–Trinajstić information content (AvgIpc) is 2.91. The van der Waals surface area contributed by atoms with E-state index in [0.717, 1.165) is 5.56 Å². The van der Waals surface area contributed by atoms with Crippen LogP contribution in [0.2, 0.25) is 0 Å². The van der Waals surface area contributed by atoms with E-state index in [4.69, 9.17) is 9.57 Å². The third-order valence-corrected chi connectivity index (χ3v) is 5.04. The minimum absolute atomic E-state index is 0.121. The summed E-state index contributed by atoms with van der Waals surface area (Å²) in [6, 6.07) is 15.5. The van der Waals surface area contributed by atoms with Crippen molar-refractivity contribution in [3.05, 3.63) is 71.3 Å². The van der Waals surface area contributed by atoms with E-state index in [1.54, 1.807) is 12.1 Å². The molecule has 0 spiro atoms. The lowest BCUT2D eigenvalue weighted by Gasteiger charge is -2.32. The number of hydrogen-bond acceptors (Lipinski definition) is 6. The molecular formula is C21H17NO6. The molecule has 2 aliphatic rings. The maximum Gasteiger partial charge on any atom is 0.337 e. The van der Waals surface area contributed by atoms with Crippen LogP contribution in [-0.4, -0.2) is 28.8 Å². The van der Waals surface area contributed by atoms with Crippen LogP contribution < -0.4 is 0 Å². The Labute approximate surface area is 160 Å². The monoisotopic (exact) mass is 379 g/mol. The zero-order valence-corrected chi connectivity index (χ0v) is 14.9. The second kappa shape index (κ2) is 7.26. The molecule has 0 radical (unpaired) electrons.